The molecule has 1 aromatic heterocycles. The van der Waals surface area contributed by atoms with Gasteiger partial charge in [-0.3, -0.25) is 9.59 Å². The fourth-order valence-corrected chi connectivity index (χ4v) is 2.63. The van der Waals surface area contributed by atoms with Crippen LogP contribution < -0.4 is 15.4 Å². The number of carbonyl (C=O) groups excluding carboxylic acids is 2. The molecule has 0 aliphatic carbocycles. The van der Waals surface area contributed by atoms with Crippen LogP contribution in [0, 0.1) is 18.6 Å². The van der Waals surface area contributed by atoms with Crippen LogP contribution in [0.1, 0.15) is 23.1 Å². The molecule has 1 heterocycles. The van der Waals surface area contributed by atoms with Crippen molar-refractivity contribution >= 4 is 23.2 Å². The standard InChI is InChI=1S/C20H19F2N5O3/c1-3-30-15-7-5-14(6-8-15)23-20(29)19-12(2)27(26-25-19)11-18(28)24-17-9-4-13(21)10-16(17)22/h4-10H,3,11H2,1-2H3,(H,23,29)(H,24,28). The first-order valence-corrected chi connectivity index (χ1v) is 9.06. The SMILES string of the molecule is CCOc1ccc(NC(=O)c2nnn(CC(=O)Nc3ccc(F)cc3F)c2C)cc1. The highest BCUT2D eigenvalue weighted by molar-refractivity contribution is 6.03. The van der Waals surface area contributed by atoms with Crippen LogP contribution in [0.5, 0.6) is 5.75 Å². The van der Waals surface area contributed by atoms with Gasteiger partial charge < -0.3 is 15.4 Å². The van der Waals surface area contributed by atoms with Crippen molar-refractivity contribution in [3.8, 4) is 5.75 Å². The van der Waals surface area contributed by atoms with Crippen LogP contribution in [0.3, 0.4) is 0 Å². The minimum absolute atomic E-state index is 0.0460. The van der Waals surface area contributed by atoms with Gasteiger partial charge in [-0.2, -0.15) is 0 Å². The molecule has 2 aromatic carbocycles. The summed E-state index contributed by atoms with van der Waals surface area (Å²) in [4.78, 5) is 24.6. The molecule has 2 N–H and O–H groups in total. The number of amides is 2. The number of nitrogens with one attached hydrogen (secondary N) is 2. The second-order valence-electron chi connectivity index (χ2n) is 6.26. The predicted octanol–water partition coefficient (Wildman–Crippen LogP) is 3.15. The molecule has 0 atom stereocenters. The Morgan fingerprint density at radius 3 is 2.50 bits per heavy atom. The van der Waals surface area contributed by atoms with Crippen molar-refractivity contribution in [2.75, 3.05) is 17.2 Å². The van der Waals surface area contributed by atoms with Crippen LogP contribution in [-0.4, -0.2) is 33.4 Å². The van der Waals surface area contributed by atoms with Gasteiger partial charge in [0.1, 0.15) is 23.9 Å². The second-order valence-corrected chi connectivity index (χ2v) is 6.26. The highest BCUT2D eigenvalue weighted by Crippen LogP contribution is 2.17. The number of aromatic nitrogens is 3. The number of hydrogen-bond acceptors (Lipinski definition) is 5. The van der Waals surface area contributed by atoms with E-state index in [1.54, 1.807) is 31.2 Å². The average molecular weight is 415 g/mol. The largest absolute Gasteiger partial charge is 0.494 e. The molecular formula is C20H19F2N5O3. The van der Waals surface area contributed by atoms with Crippen LogP contribution in [0.25, 0.3) is 0 Å². The Hall–Kier alpha value is -3.82. The van der Waals surface area contributed by atoms with Gasteiger partial charge in [0.05, 0.1) is 18.0 Å². The molecule has 156 valence electrons. The number of benzene rings is 2. The van der Waals surface area contributed by atoms with E-state index in [0.29, 0.717) is 29.8 Å². The fraction of sp³-hybridized carbons (Fsp3) is 0.200. The molecule has 0 unspecified atom stereocenters. The van der Waals surface area contributed by atoms with Gasteiger partial charge in [0.15, 0.2) is 5.69 Å². The molecule has 2 amide bonds. The van der Waals surface area contributed by atoms with Crippen molar-refractivity contribution in [1.29, 1.82) is 0 Å². The van der Waals surface area contributed by atoms with Gasteiger partial charge in [-0.05, 0) is 50.2 Å². The molecule has 3 rings (SSSR count). The second kappa shape index (κ2) is 9.12. The first kappa shape index (κ1) is 20.9. The summed E-state index contributed by atoms with van der Waals surface area (Å²) in [5.41, 5.74) is 0.785. The summed E-state index contributed by atoms with van der Waals surface area (Å²) >= 11 is 0. The summed E-state index contributed by atoms with van der Waals surface area (Å²) in [6, 6.07) is 9.64. The van der Waals surface area contributed by atoms with E-state index in [4.69, 9.17) is 4.74 Å². The molecular weight excluding hydrogens is 396 g/mol. The third kappa shape index (κ3) is 4.96. The molecule has 0 bridgehead atoms. The number of rotatable bonds is 7. The maximum absolute atomic E-state index is 13.7. The van der Waals surface area contributed by atoms with Gasteiger partial charge in [0, 0.05) is 11.8 Å². The summed E-state index contributed by atoms with van der Waals surface area (Å²) in [6.07, 6.45) is 0. The van der Waals surface area contributed by atoms with Crippen molar-refractivity contribution in [3.63, 3.8) is 0 Å². The van der Waals surface area contributed by atoms with Crippen LogP contribution in [0.2, 0.25) is 0 Å². The van der Waals surface area contributed by atoms with Gasteiger partial charge in [0.25, 0.3) is 5.91 Å². The Bertz CT molecular complexity index is 1070. The molecule has 0 saturated heterocycles. The van der Waals surface area contributed by atoms with Gasteiger partial charge >= 0.3 is 0 Å². The molecule has 0 spiro atoms. The van der Waals surface area contributed by atoms with E-state index in [1.807, 2.05) is 6.92 Å². The van der Waals surface area contributed by atoms with E-state index in [-0.39, 0.29) is 17.9 Å². The Morgan fingerprint density at radius 1 is 1.10 bits per heavy atom. The average Bonchev–Trinajstić information content (AvgIpc) is 3.06. The Morgan fingerprint density at radius 2 is 1.83 bits per heavy atom. The number of ether oxygens (including phenoxy) is 1. The van der Waals surface area contributed by atoms with E-state index in [0.717, 1.165) is 12.1 Å². The normalized spacial score (nSPS) is 10.5. The number of anilines is 2. The van der Waals surface area contributed by atoms with E-state index in [9.17, 15) is 18.4 Å². The highest BCUT2D eigenvalue weighted by atomic mass is 19.1. The van der Waals surface area contributed by atoms with Gasteiger partial charge in [0.2, 0.25) is 5.91 Å². The van der Waals surface area contributed by atoms with E-state index < -0.39 is 23.4 Å². The molecule has 10 heteroatoms. The number of nitrogens with zero attached hydrogens (tertiary/aromatic N) is 3. The van der Waals surface area contributed by atoms with E-state index in [1.165, 1.54) is 4.68 Å². The monoisotopic (exact) mass is 415 g/mol. The van der Waals surface area contributed by atoms with E-state index >= 15 is 0 Å². The van der Waals surface area contributed by atoms with Crippen molar-refractivity contribution in [2.45, 2.75) is 20.4 Å². The minimum Gasteiger partial charge on any atom is -0.494 e. The summed E-state index contributed by atoms with van der Waals surface area (Å²) < 4.78 is 33.2. The molecule has 0 radical (unpaired) electrons. The minimum atomic E-state index is -0.894. The van der Waals surface area contributed by atoms with Crippen molar-refractivity contribution in [2.24, 2.45) is 0 Å². The zero-order chi connectivity index (χ0) is 21.7. The zero-order valence-electron chi connectivity index (χ0n) is 16.3. The predicted molar refractivity (Wildman–Crippen MR) is 105 cm³/mol. The number of halogens is 2. The lowest BCUT2D eigenvalue weighted by Gasteiger charge is -2.08. The summed E-state index contributed by atoms with van der Waals surface area (Å²) in [5, 5.41) is 12.6. The maximum atomic E-state index is 13.7. The van der Waals surface area contributed by atoms with Crippen molar-refractivity contribution in [1.82, 2.24) is 15.0 Å². The molecule has 3 aromatic rings. The Kier molecular flexibility index (Phi) is 6.35. The highest BCUT2D eigenvalue weighted by Gasteiger charge is 2.18. The third-order valence-electron chi connectivity index (χ3n) is 4.12. The van der Waals surface area contributed by atoms with Crippen molar-refractivity contribution in [3.05, 3.63) is 65.5 Å². The quantitative estimate of drug-likeness (QED) is 0.618. The summed E-state index contributed by atoms with van der Waals surface area (Å²) in [6.45, 7) is 3.69. The van der Waals surface area contributed by atoms with Crippen LogP contribution in [-0.2, 0) is 11.3 Å². The molecule has 0 aliphatic heterocycles. The van der Waals surface area contributed by atoms with E-state index in [2.05, 4.69) is 20.9 Å². The summed E-state index contributed by atoms with van der Waals surface area (Å²) in [7, 11) is 0. The Balaban J connectivity index is 1.64. The summed E-state index contributed by atoms with van der Waals surface area (Å²) in [5.74, 6) is -2.06. The molecule has 0 aliphatic rings. The molecule has 8 nitrogen and oxygen atoms in total. The van der Waals surface area contributed by atoms with Crippen LogP contribution in [0.4, 0.5) is 20.2 Å². The lowest BCUT2D eigenvalue weighted by molar-refractivity contribution is -0.117. The van der Waals surface area contributed by atoms with Gasteiger partial charge in [-0.25, -0.2) is 13.5 Å². The fourth-order valence-electron chi connectivity index (χ4n) is 2.63. The molecule has 0 fully saturated rings. The number of carbonyl (C=O) groups is 2. The lowest BCUT2D eigenvalue weighted by atomic mass is 10.2. The molecule has 0 saturated carbocycles. The Labute approximate surface area is 170 Å². The number of hydrogen-bond donors (Lipinski definition) is 2. The van der Waals surface area contributed by atoms with Gasteiger partial charge in [-0.15, -0.1) is 5.10 Å². The first-order chi connectivity index (χ1) is 14.4. The van der Waals surface area contributed by atoms with Gasteiger partial charge in [-0.1, -0.05) is 5.21 Å². The topological polar surface area (TPSA) is 98.1 Å². The van der Waals surface area contributed by atoms with Crippen LogP contribution >= 0.6 is 0 Å². The smallest absolute Gasteiger partial charge is 0.278 e. The third-order valence-corrected chi connectivity index (χ3v) is 4.12. The zero-order valence-corrected chi connectivity index (χ0v) is 16.3. The maximum Gasteiger partial charge on any atom is 0.278 e. The lowest BCUT2D eigenvalue weighted by Crippen LogP contribution is -2.21. The van der Waals surface area contributed by atoms with Crippen LogP contribution in [0.15, 0.2) is 42.5 Å². The first-order valence-electron chi connectivity index (χ1n) is 9.06. The van der Waals surface area contributed by atoms with Crippen molar-refractivity contribution < 1.29 is 23.1 Å². The molecule has 30 heavy (non-hydrogen) atoms.